The van der Waals surface area contributed by atoms with Gasteiger partial charge in [-0.05, 0) is 42.7 Å². The minimum atomic E-state index is 0.498. The van der Waals surface area contributed by atoms with Crippen molar-refractivity contribution in [2.75, 3.05) is 20.2 Å². The first kappa shape index (κ1) is 17.8. The predicted molar refractivity (Wildman–Crippen MR) is 96.5 cm³/mol. The molecule has 0 bridgehead atoms. The van der Waals surface area contributed by atoms with Gasteiger partial charge in [0, 0.05) is 20.2 Å². The number of benzene rings is 1. The molecule has 1 aromatic carbocycles. The van der Waals surface area contributed by atoms with Crippen molar-refractivity contribution in [1.82, 2.24) is 10.6 Å². The molecule has 0 unspecified atom stereocenters. The fourth-order valence-corrected chi connectivity index (χ4v) is 3.02. The zero-order valence-electron chi connectivity index (χ0n) is 14.8. The van der Waals surface area contributed by atoms with Crippen LogP contribution in [-0.2, 0) is 17.9 Å². The summed E-state index contributed by atoms with van der Waals surface area (Å²) in [6.07, 6.45) is 5.31. The highest BCUT2D eigenvalue weighted by Crippen LogP contribution is 2.42. The van der Waals surface area contributed by atoms with Crippen molar-refractivity contribution in [3.05, 3.63) is 35.4 Å². The van der Waals surface area contributed by atoms with Gasteiger partial charge in [0.15, 0.2) is 5.96 Å². The van der Waals surface area contributed by atoms with Crippen LogP contribution in [0.1, 0.15) is 50.7 Å². The molecule has 0 spiro atoms. The van der Waals surface area contributed by atoms with E-state index in [0.29, 0.717) is 18.6 Å². The summed E-state index contributed by atoms with van der Waals surface area (Å²) in [5.74, 6) is 0.924. The second kappa shape index (κ2) is 8.92. The van der Waals surface area contributed by atoms with E-state index in [1.54, 1.807) is 7.11 Å². The molecule has 2 N–H and O–H groups in total. The van der Waals surface area contributed by atoms with Gasteiger partial charge in [0.1, 0.15) is 0 Å². The average Bonchev–Trinajstić information content (AvgIpc) is 2.53. The zero-order chi connectivity index (χ0) is 16.5. The fraction of sp³-hybridized carbons (Fsp3) is 0.632. The van der Waals surface area contributed by atoms with Gasteiger partial charge < -0.3 is 15.4 Å². The Morgan fingerprint density at radius 2 is 1.83 bits per heavy atom. The van der Waals surface area contributed by atoms with Crippen LogP contribution in [0.25, 0.3) is 0 Å². The Labute approximate surface area is 140 Å². The summed E-state index contributed by atoms with van der Waals surface area (Å²) < 4.78 is 5.14. The van der Waals surface area contributed by atoms with Crippen LogP contribution in [0.2, 0.25) is 0 Å². The molecule has 0 radical (unpaired) electrons. The molecule has 2 rings (SSSR count). The van der Waals surface area contributed by atoms with Crippen molar-refractivity contribution in [2.24, 2.45) is 10.4 Å². The smallest absolute Gasteiger partial charge is 0.191 e. The molecule has 0 atom stereocenters. The molecular weight excluding hydrogens is 286 g/mol. The third-order valence-electron chi connectivity index (χ3n) is 4.89. The highest BCUT2D eigenvalue weighted by molar-refractivity contribution is 5.79. The molecule has 23 heavy (non-hydrogen) atoms. The summed E-state index contributed by atoms with van der Waals surface area (Å²) in [6, 6.07) is 8.46. The van der Waals surface area contributed by atoms with Crippen LogP contribution >= 0.6 is 0 Å². The van der Waals surface area contributed by atoms with Crippen LogP contribution in [0.15, 0.2) is 29.3 Å². The molecular formula is C19H31N3O. The Morgan fingerprint density at radius 3 is 2.35 bits per heavy atom. The SMILES string of the molecule is CCNC(=NCc1ccc(COC)cc1)NCC1(CC)CCC1. The normalized spacial score (nSPS) is 16.7. The summed E-state index contributed by atoms with van der Waals surface area (Å²) in [5.41, 5.74) is 2.91. The van der Waals surface area contributed by atoms with Crippen LogP contribution in [0, 0.1) is 5.41 Å². The van der Waals surface area contributed by atoms with E-state index in [-0.39, 0.29) is 0 Å². The van der Waals surface area contributed by atoms with Gasteiger partial charge in [-0.25, -0.2) is 4.99 Å². The minimum absolute atomic E-state index is 0.498. The number of nitrogens with one attached hydrogen (secondary N) is 2. The number of guanidine groups is 1. The summed E-state index contributed by atoms with van der Waals surface area (Å²) >= 11 is 0. The summed E-state index contributed by atoms with van der Waals surface area (Å²) in [4.78, 5) is 4.72. The molecule has 1 saturated carbocycles. The van der Waals surface area contributed by atoms with Gasteiger partial charge in [0.05, 0.1) is 13.2 Å². The fourth-order valence-electron chi connectivity index (χ4n) is 3.02. The number of hydrogen-bond acceptors (Lipinski definition) is 2. The van der Waals surface area contributed by atoms with Gasteiger partial charge in [0.2, 0.25) is 0 Å². The summed E-state index contributed by atoms with van der Waals surface area (Å²) in [6.45, 7) is 7.68. The number of nitrogens with zero attached hydrogens (tertiary/aromatic N) is 1. The lowest BCUT2D eigenvalue weighted by Gasteiger charge is -2.41. The van der Waals surface area contributed by atoms with Crippen LogP contribution in [0.3, 0.4) is 0 Å². The predicted octanol–water partition coefficient (Wildman–Crippen LogP) is 3.47. The largest absolute Gasteiger partial charge is 0.380 e. The lowest BCUT2D eigenvalue weighted by molar-refractivity contribution is 0.131. The average molecular weight is 317 g/mol. The molecule has 1 aliphatic rings. The molecule has 128 valence electrons. The van der Waals surface area contributed by atoms with Crippen LogP contribution < -0.4 is 10.6 Å². The Kier molecular flexibility index (Phi) is 6.90. The van der Waals surface area contributed by atoms with Gasteiger partial charge in [-0.2, -0.15) is 0 Å². The standard InChI is InChI=1S/C19H31N3O/c1-4-19(11-6-12-19)15-22-18(20-5-2)21-13-16-7-9-17(10-8-16)14-23-3/h7-10H,4-6,11-15H2,1-3H3,(H2,20,21,22). The molecule has 0 saturated heterocycles. The van der Waals surface area contributed by atoms with E-state index in [1.165, 1.54) is 36.8 Å². The molecule has 0 amide bonds. The van der Waals surface area contributed by atoms with Crippen molar-refractivity contribution in [1.29, 1.82) is 0 Å². The maximum atomic E-state index is 5.14. The summed E-state index contributed by atoms with van der Waals surface area (Å²) in [5, 5.41) is 6.88. The Balaban J connectivity index is 1.89. The van der Waals surface area contributed by atoms with Crippen molar-refractivity contribution >= 4 is 5.96 Å². The first-order chi connectivity index (χ1) is 11.2. The van der Waals surface area contributed by atoms with E-state index in [4.69, 9.17) is 9.73 Å². The van der Waals surface area contributed by atoms with Crippen LogP contribution in [-0.4, -0.2) is 26.2 Å². The van der Waals surface area contributed by atoms with E-state index < -0.39 is 0 Å². The second-order valence-electron chi connectivity index (χ2n) is 6.51. The van der Waals surface area contributed by atoms with E-state index in [2.05, 4.69) is 48.7 Å². The third kappa shape index (κ3) is 5.24. The van der Waals surface area contributed by atoms with Gasteiger partial charge in [-0.15, -0.1) is 0 Å². The zero-order valence-corrected chi connectivity index (χ0v) is 14.8. The summed E-state index contributed by atoms with van der Waals surface area (Å²) in [7, 11) is 1.72. The number of aliphatic imine (C=N–C) groups is 1. The van der Waals surface area contributed by atoms with Crippen molar-refractivity contribution in [2.45, 2.75) is 52.7 Å². The number of methoxy groups -OCH3 is 1. The van der Waals surface area contributed by atoms with Gasteiger partial charge in [-0.3, -0.25) is 0 Å². The van der Waals surface area contributed by atoms with Gasteiger partial charge >= 0.3 is 0 Å². The van der Waals surface area contributed by atoms with E-state index >= 15 is 0 Å². The lowest BCUT2D eigenvalue weighted by Crippen LogP contribution is -2.46. The first-order valence-corrected chi connectivity index (χ1v) is 8.80. The maximum Gasteiger partial charge on any atom is 0.191 e. The number of ether oxygens (including phenoxy) is 1. The van der Waals surface area contributed by atoms with Crippen LogP contribution in [0.4, 0.5) is 0 Å². The molecule has 1 aliphatic carbocycles. The number of hydrogen-bond donors (Lipinski definition) is 2. The highest BCUT2D eigenvalue weighted by atomic mass is 16.5. The monoisotopic (exact) mass is 317 g/mol. The molecule has 1 aromatic rings. The molecule has 4 nitrogen and oxygen atoms in total. The molecule has 0 heterocycles. The molecule has 0 aliphatic heterocycles. The van der Waals surface area contributed by atoms with Gasteiger partial charge in [-0.1, -0.05) is 37.6 Å². The van der Waals surface area contributed by atoms with Crippen molar-refractivity contribution in [3.8, 4) is 0 Å². The lowest BCUT2D eigenvalue weighted by atomic mass is 9.67. The van der Waals surface area contributed by atoms with Gasteiger partial charge in [0.25, 0.3) is 0 Å². The quantitative estimate of drug-likeness (QED) is 0.570. The topological polar surface area (TPSA) is 45.7 Å². The number of rotatable bonds is 8. The maximum absolute atomic E-state index is 5.14. The van der Waals surface area contributed by atoms with Crippen molar-refractivity contribution < 1.29 is 4.74 Å². The van der Waals surface area contributed by atoms with Crippen LogP contribution in [0.5, 0.6) is 0 Å². The molecule has 4 heteroatoms. The molecule has 0 aromatic heterocycles. The second-order valence-corrected chi connectivity index (χ2v) is 6.51. The van der Waals surface area contributed by atoms with E-state index in [1.807, 2.05) is 0 Å². The molecule has 1 fully saturated rings. The Morgan fingerprint density at radius 1 is 1.13 bits per heavy atom. The van der Waals surface area contributed by atoms with E-state index in [0.717, 1.165) is 19.0 Å². The Hall–Kier alpha value is -1.55. The van der Waals surface area contributed by atoms with E-state index in [9.17, 15) is 0 Å². The third-order valence-corrected chi connectivity index (χ3v) is 4.89. The first-order valence-electron chi connectivity index (χ1n) is 8.80. The minimum Gasteiger partial charge on any atom is -0.380 e. The van der Waals surface area contributed by atoms with Crippen molar-refractivity contribution in [3.63, 3.8) is 0 Å². The highest BCUT2D eigenvalue weighted by Gasteiger charge is 2.34. The Bertz CT molecular complexity index is 486.